The fourth-order valence-corrected chi connectivity index (χ4v) is 2.82. The Bertz CT molecular complexity index is 279. The summed E-state index contributed by atoms with van der Waals surface area (Å²) in [6, 6.07) is 0. The fourth-order valence-electron chi connectivity index (χ4n) is 2.82. The van der Waals surface area contributed by atoms with Gasteiger partial charge in [0.25, 0.3) is 0 Å². The van der Waals surface area contributed by atoms with Crippen molar-refractivity contribution in [1.29, 1.82) is 0 Å². The van der Waals surface area contributed by atoms with Crippen molar-refractivity contribution in [3.8, 4) is 0 Å². The number of ether oxygens (including phenoxy) is 1. The SMILES string of the molecule is C=CCOCCNC(=O)CCCCCCCCCCCCCCC. The van der Waals surface area contributed by atoms with Crippen molar-refractivity contribution in [1.82, 2.24) is 5.32 Å². The summed E-state index contributed by atoms with van der Waals surface area (Å²) < 4.78 is 5.22. The molecule has 0 aliphatic rings. The molecular formula is C21H41NO2. The van der Waals surface area contributed by atoms with Gasteiger partial charge in [-0.2, -0.15) is 0 Å². The molecule has 0 heterocycles. The van der Waals surface area contributed by atoms with Crippen molar-refractivity contribution in [2.45, 2.75) is 96.8 Å². The second-order valence-corrected chi connectivity index (χ2v) is 6.71. The molecule has 0 bridgehead atoms. The van der Waals surface area contributed by atoms with E-state index in [9.17, 15) is 4.79 Å². The van der Waals surface area contributed by atoms with E-state index in [-0.39, 0.29) is 5.91 Å². The molecule has 0 rings (SSSR count). The van der Waals surface area contributed by atoms with Crippen LogP contribution in [0.3, 0.4) is 0 Å². The third-order valence-electron chi connectivity index (χ3n) is 4.31. The predicted molar refractivity (Wildman–Crippen MR) is 104 cm³/mol. The largest absolute Gasteiger partial charge is 0.376 e. The Morgan fingerprint density at radius 1 is 0.875 bits per heavy atom. The molecule has 0 fully saturated rings. The number of rotatable bonds is 19. The Hall–Kier alpha value is -0.830. The van der Waals surface area contributed by atoms with Gasteiger partial charge in [-0.15, -0.1) is 6.58 Å². The fraction of sp³-hybridized carbons (Fsp3) is 0.857. The zero-order chi connectivity index (χ0) is 17.7. The lowest BCUT2D eigenvalue weighted by Gasteiger charge is -2.05. The maximum absolute atomic E-state index is 11.6. The third-order valence-corrected chi connectivity index (χ3v) is 4.31. The van der Waals surface area contributed by atoms with Crippen LogP contribution in [0.5, 0.6) is 0 Å². The Morgan fingerprint density at radius 2 is 1.38 bits per heavy atom. The van der Waals surface area contributed by atoms with Crippen LogP contribution < -0.4 is 5.32 Å². The molecule has 0 aliphatic carbocycles. The Kier molecular flexibility index (Phi) is 19.5. The summed E-state index contributed by atoms with van der Waals surface area (Å²) in [6.45, 7) is 7.57. The second kappa shape index (κ2) is 20.2. The number of hydrogen-bond acceptors (Lipinski definition) is 2. The predicted octanol–water partition coefficient (Wildman–Crippen LogP) is 5.79. The standard InChI is InChI=1S/C21H41NO2/c1-3-5-6-7-8-9-10-11-12-13-14-15-16-17-21(23)22-18-20-24-19-4-2/h4H,2-3,5-20H2,1H3,(H,22,23). The van der Waals surface area contributed by atoms with Crippen LogP contribution in [0.4, 0.5) is 0 Å². The van der Waals surface area contributed by atoms with E-state index in [1.807, 2.05) is 0 Å². The normalized spacial score (nSPS) is 10.7. The molecule has 0 unspecified atom stereocenters. The van der Waals surface area contributed by atoms with Crippen LogP contribution in [0.2, 0.25) is 0 Å². The lowest BCUT2D eigenvalue weighted by atomic mass is 10.0. The monoisotopic (exact) mass is 339 g/mol. The van der Waals surface area contributed by atoms with E-state index in [1.54, 1.807) is 6.08 Å². The van der Waals surface area contributed by atoms with Crippen molar-refractivity contribution in [2.75, 3.05) is 19.8 Å². The minimum atomic E-state index is 0.153. The van der Waals surface area contributed by atoms with Gasteiger partial charge in [0.2, 0.25) is 5.91 Å². The van der Waals surface area contributed by atoms with E-state index in [2.05, 4.69) is 18.8 Å². The molecule has 1 N–H and O–H groups in total. The average molecular weight is 340 g/mol. The van der Waals surface area contributed by atoms with E-state index in [1.165, 1.54) is 77.0 Å². The third kappa shape index (κ3) is 19.2. The van der Waals surface area contributed by atoms with E-state index in [0.29, 0.717) is 26.2 Å². The zero-order valence-corrected chi connectivity index (χ0v) is 16.1. The summed E-state index contributed by atoms with van der Waals surface area (Å²) in [5, 5.41) is 2.89. The van der Waals surface area contributed by atoms with Gasteiger partial charge in [-0.05, 0) is 6.42 Å². The van der Waals surface area contributed by atoms with Crippen LogP contribution >= 0.6 is 0 Å². The maximum atomic E-state index is 11.6. The summed E-state index contributed by atoms with van der Waals surface area (Å²) in [4.78, 5) is 11.6. The van der Waals surface area contributed by atoms with Crippen molar-refractivity contribution in [3.63, 3.8) is 0 Å². The van der Waals surface area contributed by atoms with Gasteiger partial charge in [0, 0.05) is 13.0 Å². The summed E-state index contributed by atoms with van der Waals surface area (Å²) >= 11 is 0. The Morgan fingerprint density at radius 3 is 1.88 bits per heavy atom. The molecule has 0 spiro atoms. The molecule has 142 valence electrons. The van der Waals surface area contributed by atoms with Crippen molar-refractivity contribution < 1.29 is 9.53 Å². The van der Waals surface area contributed by atoms with Gasteiger partial charge in [0.05, 0.1) is 13.2 Å². The molecule has 0 aromatic rings. The van der Waals surface area contributed by atoms with Crippen LogP contribution in [0, 0.1) is 0 Å². The molecule has 0 atom stereocenters. The first-order valence-electron chi connectivity index (χ1n) is 10.3. The van der Waals surface area contributed by atoms with Crippen LogP contribution in [0.25, 0.3) is 0 Å². The van der Waals surface area contributed by atoms with E-state index < -0.39 is 0 Å². The van der Waals surface area contributed by atoms with Crippen LogP contribution in [0.1, 0.15) is 96.8 Å². The molecule has 24 heavy (non-hydrogen) atoms. The van der Waals surface area contributed by atoms with E-state index in [0.717, 1.165) is 6.42 Å². The zero-order valence-electron chi connectivity index (χ0n) is 16.1. The number of unbranched alkanes of at least 4 members (excludes halogenated alkanes) is 12. The molecule has 3 heteroatoms. The molecule has 0 saturated carbocycles. The smallest absolute Gasteiger partial charge is 0.220 e. The first-order valence-corrected chi connectivity index (χ1v) is 10.3. The Balaban J connectivity index is 3.11. The molecule has 0 radical (unpaired) electrons. The molecule has 0 aromatic carbocycles. The highest BCUT2D eigenvalue weighted by Crippen LogP contribution is 2.12. The van der Waals surface area contributed by atoms with Crippen LogP contribution in [-0.4, -0.2) is 25.7 Å². The summed E-state index contributed by atoms with van der Waals surface area (Å²) in [7, 11) is 0. The van der Waals surface area contributed by atoms with Gasteiger partial charge in [-0.3, -0.25) is 4.79 Å². The van der Waals surface area contributed by atoms with Gasteiger partial charge in [-0.1, -0.05) is 90.0 Å². The summed E-state index contributed by atoms with van der Waals surface area (Å²) in [5.74, 6) is 0.153. The van der Waals surface area contributed by atoms with Gasteiger partial charge in [0.1, 0.15) is 0 Å². The second-order valence-electron chi connectivity index (χ2n) is 6.71. The van der Waals surface area contributed by atoms with E-state index in [4.69, 9.17) is 4.74 Å². The minimum absolute atomic E-state index is 0.153. The molecule has 0 aromatic heterocycles. The summed E-state index contributed by atoms with van der Waals surface area (Å²) in [6.07, 6.45) is 19.7. The highest BCUT2D eigenvalue weighted by atomic mass is 16.5. The van der Waals surface area contributed by atoms with Gasteiger partial charge < -0.3 is 10.1 Å². The molecule has 3 nitrogen and oxygen atoms in total. The van der Waals surface area contributed by atoms with Gasteiger partial charge >= 0.3 is 0 Å². The lowest BCUT2D eigenvalue weighted by Crippen LogP contribution is -2.26. The quantitative estimate of drug-likeness (QED) is 0.239. The number of nitrogens with one attached hydrogen (secondary N) is 1. The van der Waals surface area contributed by atoms with Crippen molar-refractivity contribution >= 4 is 5.91 Å². The van der Waals surface area contributed by atoms with Crippen LogP contribution in [0.15, 0.2) is 12.7 Å². The van der Waals surface area contributed by atoms with E-state index >= 15 is 0 Å². The maximum Gasteiger partial charge on any atom is 0.220 e. The number of amides is 1. The molecule has 1 amide bonds. The van der Waals surface area contributed by atoms with Gasteiger partial charge in [0.15, 0.2) is 0 Å². The highest BCUT2D eigenvalue weighted by molar-refractivity contribution is 5.75. The summed E-state index contributed by atoms with van der Waals surface area (Å²) in [5.41, 5.74) is 0. The molecule has 0 aliphatic heterocycles. The topological polar surface area (TPSA) is 38.3 Å². The molecular weight excluding hydrogens is 298 g/mol. The van der Waals surface area contributed by atoms with Gasteiger partial charge in [-0.25, -0.2) is 0 Å². The lowest BCUT2D eigenvalue weighted by molar-refractivity contribution is -0.121. The van der Waals surface area contributed by atoms with Crippen molar-refractivity contribution in [3.05, 3.63) is 12.7 Å². The average Bonchev–Trinajstić information content (AvgIpc) is 2.59. The first kappa shape index (κ1) is 23.2. The number of carbonyl (C=O) groups excluding carboxylic acids is 1. The van der Waals surface area contributed by atoms with Crippen LogP contribution in [-0.2, 0) is 9.53 Å². The number of carbonyl (C=O) groups is 1. The highest BCUT2D eigenvalue weighted by Gasteiger charge is 2.00. The Labute approximate surface area is 150 Å². The van der Waals surface area contributed by atoms with Crippen molar-refractivity contribution in [2.24, 2.45) is 0 Å². The molecule has 0 saturated heterocycles. The number of hydrogen-bond donors (Lipinski definition) is 1. The minimum Gasteiger partial charge on any atom is -0.376 e. The first-order chi connectivity index (χ1) is 11.8.